The van der Waals surface area contributed by atoms with Crippen molar-refractivity contribution in [3.05, 3.63) is 40.2 Å². The summed E-state index contributed by atoms with van der Waals surface area (Å²) in [5, 5.41) is 4.61. The number of amides is 1. The standard InChI is InChI=1S/C22H32N6O/c1-14(12-28-17(4)15(2)16(3)25-28)22(29)27-9-6-7-20(27)21-23-11-18-13-26(5)10-8-19(18)24-21/h11,14,20H,6-10,12-13H2,1-5H3/t14-,20+/m0/s1. The minimum Gasteiger partial charge on any atom is -0.332 e. The Labute approximate surface area is 173 Å². The molecule has 0 radical (unpaired) electrons. The van der Waals surface area contributed by atoms with Crippen molar-refractivity contribution in [2.24, 2.45) is 5.92 Å². The zero-order chi connectivity index (χ0) is 20.7. The van der Waals surface area contributed by atoms with Crippen LogP contribution in [0.25, 0.3) is 0 Å². The molecule has 1 fully saturated rings. The number of rotatable bonds is 4. The number of likely N-dealkylation sites (N-methyl/N-ethyl adjacent to an activating group) is 1. The van der Waals surface area contributed by atoms with E-state index in [0.29, 0.717) is 6.54 Å². The van der Waals surface area contributed by atoms with Crippen LogP contribution in [0.1, 0.15) is 59.8 Å². The molecule has 2 aromatic heterocycles. The lowest BCUT2D eigenvalue weighted by atomic mass is 10.1. The number of hydrogen-bond donors (Lipinski definition) is 0. The molecule has 2 aliphatic heterocycles. The fourth-order valence-electron chi connectivity index (χ4n) is 4.52. The molecule has 0 aromatic carbocycles. The Balaban J connectivity index is 1.50. The lowest BCUT2D eigenvalue weighted by molar-refractivity contribution is -0.136. The normalized spacial score (nSPS) is 20.7. The summed E-state index contributed by atoms with van der Waals surface area (Å²) in [7, 11) is 2.12. The van der Waals surface area contributed by atoms with Crippen molar-refractivity contribution in [1.29, 1.82) is 0 Å². The zero-order valence-corrected chi connectivity index (χ0v) is 18.3. The lowest BCUT2D eigenvalue weighted by Crippen LogP contribution is -2.37. The highest BCUT2D eigenvalue weighted by atomic mass is 16.2. The van der Waals surface area contributed by atoms with Crippen LogP contribution in [0.4, 0.5) is 0 Å². The Morgan fingerprint density at radius 3 is 2.79 bits per heavy atom. The van der Waals surface area contributed by atoms with Crippen molar-refractivity contribution in [2.75, 3.05) is 20.1 Å². The zero-order valence-electron chi connectivity index (χ0n) is 18.3. The van der Waals surface area contributed by atoms with Gasteiger partial charge in [0.15, 0.2) is 5.82 Å². The number of carbonyl (C=O) groups is 1. The van der Waals surface area contributed by atoms with E-state index >= 15 is 0 Å². The molecule has 156 valence electrons. The molecule has 0 N–H and O–H groups in total. The Bertz CT molecular complexity index is 920. The maximum atomic E-state index is 13.3. The maximum Gasteiger partial charge on any atom is 0.227 e. The molecule has 4 rings (SSSR count). The van der Waals surface area contributed by atoms with E-state index in [9.17, 15) is 4.79 Å². The SMILES string of the molecule is Cc1nn(C[C@H](C)C(=O)N2CCC[C@@H]2c2ncc3c(n2)CCN(C)C3)c(C)c1C. The molecule has 0 saturated carbocycles. The molecule has 1 amide bonds. The smallest absolute Gasteiger partial charge is 0.227 e. The van der Waals surface area contributed by atoms with Gasteiger partial charge in [-0.1, -0.05) is 6.92 Å². The van der Waals surface area contributed by atoms with Gasteiger partial charge in [-0.25, -0.2) is 9.97 Å². The van der Waals surface area contributed by atoms with E-state index in [4.69, 9.17) is 4.98 Å². The minimum absolute atomic E-state index is 0.00269. The predicted molar refractivity (Wildman–Crippen MR) is 111 cm³/mol. The first-order chi connectivity index (χ1) is 13.8. The molecule has 7 nitrogen and oxygen atoms in total. The van der Waals surface area contributed by atoms with Gasteiger partial charge in [-0.05, 0) is 46.2 Å². The van der Waals surface area contributed by atoms with Crippen LogP contribution in [0, 0.1) is 26.7 Å². The van der Waals surface area contributed by atoms with E-state index in [1.807, 2.05) is 29.6 Å². The van der Waals surface area contributed by atoms with Crippen molar-refractivity contribution >= 4 is 5.91 Å². The van der Waals surface area contributed by atoms with Crippen LogP contribution >= 0.6 is 0 Å². The van der Waals surface area contributed by atoms with Gasteiger partial charge in [-0.2, -0.15) is 5.10 Å². The molecular formula is C22H32N6O. The van der Waals surface area contributed by atoms with Crippen LogP contribution in [-0.4, -0.2) is 55.6 Å². The maximum absolute atomic E-state index is 13.3. The Morgan fingerprint density at radius 2 is 2.07 bits per heavy atom. The molecular weight excluding hydrogens is 364 g/mol. The van der Waals surface area contributed by atoms with Gasteiger partial charge < -0.3 is 9.80 Å². The summed E-state index contributed by atoms with van der Waals surface area (Å²) in [5.41, 5.74) is 5.75. The summed E-state index contributed by atoms with van der Waals surface area (Å²) >= 11 is 0. The number of aromatic nitrogens is 4. The monoisotopic (exact) mass is 396 g/mol. The van der Waals surface area contributed by atoms with E-state index in [2.05, 4.69) is 35.9 Å². The van der Waals surface area contributed by atoms with E-state index < -0.39 is 0 Å². The fraction of sp³-hybridized carbons (Fsp3) is 0.636. The summed E-state index contributed by atoms with van der Waals surface area (Å²) in [6.07, 6.45) is 4.87. The van der Waals surface area contributed by atoms with E-state index in [-0.39, 0.29) is 17.9 Å². The highest BCUT2D eigenvalue weighted by Crippen LogP contribution is 2.32. The highest BCUT2D eigenvalue weighted by Gasteiger charge is 2.35. The molecule has 29 heavy (non-hydrogen) atoms. The van der Waals surface area contributed by atoms with E-state index in [0.717, 1.165) is 61.8 Å². The van der Waals surface area contributed by atoms with Gasteiger partial charge in [0.1, 0.15) is 0 Å². The van der Waals surface area contributed by atoms with Gasteiger partial charge in [0.25, 0.3) is 0 Å². The third-order valence-corrected chi connectivity index (χ3v) is 6.59. The topological polar surface area (TPSA) is 67.2 Å². The van der Waals surface area contributed by atoms with Crippen LogP contribution in [0.15, 0.2) is 6.20 Å². The molecule has 2 aromatic rings. The third-order valence-electron chi connectivity index (χ3n) is 6.59. The average Bonchev–Trinajstić information content (AvgIpc) is 3.28. The molecule has 0 aliphatic carbocycles. The average molecular weight is 397 g/mol. The van der Waals surface area contributed by atoms with Gasteiger partial charge in [0.2, 0.25) is 5.91 Å². The minimum atomic E-state index is -0.126. The van der Waals surface area contributed by atoms with Crippen molar-refractivity contribution in [3.8, 4) is 0 Å². The number of fused-ring (bicyclic) bond motifs is 1. The van der Waals surface area contributed by atoms with E-state index in [1.54, 1.807) is 0 Å². The summed E-state index contributed by atoms with van der Waals surface area (Å²) in [5.74, 6) is 0.867. The van der Waals surface area contributed by atoms with Crippen LogP contribution < -0.4 is 0 Å². The van der Waals surface area contributed by atoms with Gasteiger partial charge in [0, 0.05) is 49.2 Å². The number of carbonyl (C=O) groups excluding carboxylic acids is 1. The first-order valence-electron chi connectivity index (χ1n) is 10.7. The number of likely N-dealkylation sites (tertiary alicyclic amines) is 1. The lowest BCUT2D eigenvalue weighted by Gasteiger charge is -2.28. The van der Waals surface area contributed by atoms with Crippen LogP contribution in [0.2, 0.25) is 0 Å². The number of hydrogen-bond acceptors (Lipinski definition) is 5. The molecule has 1 saturated heterocycles. The first kappa shape index (κ1) is 20.0. The summed E-state index contributed by atoms with van der Waals surface area (Å²) in [6.45, 7) is 11.5. The molecule has 2 aliphatic rings. The quantitative estimate of drug-likeness (QED) is 0.795. The van der Waals surface area contributed by atoms with Crippen LogP contribution in [0.3, 0.4) is 0 Å². The molecule has 0 bridgehead atoms. The molecule has 2 atom stereocenters. The van der Waals surface area contributed by atoms with Crippen LogP contribution in [0.5, 0.6) is 0 Å². The molecule has 4 heterocycles. The summed E-state index contributed by atoms with van der Waals surface area (Å²) < 4.78 is 1.98. The van der Waals surface area contributed by atoms with Crippen molar-refractivity contribution < 1.29 is 4.79 Å². The molecule has 0 unspecified atom stereocenters. The van der Waals surface area contributed by atoms with Crippen molar-refractivity contribution in [1.82, 2.24) is 29.5 Å². The Kier molecular flexibility index (Phi) is 5.42. The summed E-state index contributed by atoms with van der Waals surface area (Å²) in [4.78, 5) is 27.1. The predicted octanol–water partition coefficient (Wildman–Crippen LogP) is 2.59. The second-order valence-corrected chi connectivity index (χ2v) is 8.76. The second kappa shape index (κ2) is 7.86. The van der Waals surface area contributed by atoms with Gasteiger partial charge in [-0.15, -0.1) is 0 Å². The Morgan fingerprint density at radius 1 is 1.28 bits per heavy atom. The molecule has 7 heteroatoms. The van der Waals surface area contributed by atoms with Gasteiger partial charge >= 0.3 is 0 Å². The molecule has 0 spiro atoms. The first-order valence-corrected chi connectivity index (χ1v) is 10.7. The second-order valence-electron chi connectivity index (χ2n) is 8.76. The highest BCUT2D eigenvalue weighted by molar-refractivity contribution is 5.79. The van der Waals surface area contributed by atoms with Gasteiger partial charge in [-0.3, -0.25) is 9.48 Å². The van der Waals surface area contributed by atoms with Crippen molar-refractivity contribution in [3.63, 3.8) is 0 Å². The number of nitrogens with zero attached hydrogens (tertiary/aromatic N) is 6. The third kappa shape index (κ3) is 3.80. The largest absolute Gasteiger partial charge is 0.332 e. The van der Waals surface area contributed by atoms with Crippen LogP contribution in [-0.2, 0) is 24.3 Å². The van der Waals surface area contributed by atoms with E-state index in [1.165, 1.54) is 11.1 Å². The fourth-order valence-corrected chi connectivity index (χ4v) is 4.52. The Hall–Kier alpha value is -2.28. The van der Waals surface area contributed by atoms with Crippen molar-refractivity contribution in [2.45, 2.75) is 66.1 Å². The van der Waals surface area contributed by atoms with Gasteiger partial charge in [0.05, 0.1) is 24.2 Å². The summed E-state index contributed by atoms with van der Waals surface area (Å²) in [6, 6.07) is -0.00269. The number of aryl methyl sites for hydroxylation is 1.